The van der Waals surface area contributed by atoms with Crippen molar-refractivity contribution in [3.63, 3.8) is 0 Å². The van der Waals surface area contributed by atoms with Gasteiger partial charge in [0.15, 0.2) is 5.03 Å². The lowest BCUT2D eigenvalue weighted by Crippen LogP contribution is -2.29. The molecule has 0 saturated heterocycles. The van der Waals surface area contributed by atoms with Crippen LogP contribution in [0.15, 0.2) is 22.8 Å². The number of nitrogens with zero attached hydrogens (tertiary/aromatic N) is 2. The molecule has 9 heteroatoms. The van der Waals surface area contributed by atoms with Crippen LogP contribution in [0.25, 0.3) is 0 Å². The van der Waals surface area contributed by atoms with E-state index in [1.165, 1.54) is 17.5 Å². The summed E-state index contributed by atoms with van der Waals surface area (Å²) in [4.78, 5) is 4.11. The minimum absolute atomic E-state index is 0.106. The average Bonchev–Trinajstić information content (AvgIpc) is 3.06. The van der Waals surface area contributed by atoms with Crippen molar-refractivity contribution in [1.29, 1.82) is 0 Å². The third-order valence-electron chi connectivity index (χ3n) is 2.57. The van der Waals surface area contributed by atoms with Crippen LogP contribution >= 0.6 is 11.3 Å². The number of sulfonamides is 1. The van der Waals surface area contributed by atoms with Gasteiger partial charge in [-0.15, -0.1) is 11.3 Å². The van der Waals surface area contributed by atoms with Crippen molar-refractivity contribution in [2.75, 3.05) is 0 Å². The average molecular weight is 302 g/mol. The van der Waals surface area contributed by atoms with Crippen LogP contribution in [-0.4, -0.2) is 28.7 Å². The number of hydrogen-bond donors (Lipinski definition) is 3. The molecule has 0 aromatic carbocycles. The van der Waals surface area contributed by atoms with Gasteiger partial charge in [0.05, 0.1) is 18.8 Å². The number of hydrogen-bond acceptors (Lipinski definition) is 6. The molecule has 2 heterocycles. The highest BCUT2D eigenvalue weighted by Gasteiger charge is 2.25. The second-order valence-electron chi connectivity index (χ2n) is 3.83. The zero-order valence-corrected chi connectivity index (χ0v) is 11.8. The quantitative estimate of drug-likeness (QED) is 0.731. The summed E-state index contributed by atoms with van der Waals surface area (Å²) in [6.07, 6.45) is 3.50. The molecular weight excluding hydrogens is 288 g/mol. The Hall–Kier alpha value is -1.29. The first-order valence-corrected chi connectivity index (χ1v) is 7.99. The van der Waals surface area contributed by atoms with E-state index in [1.54, 1.807) is 11.6 Å². The minimum Gasteiger partial charge on any atom is -0.392 e. The molecule has 2 rings (SSSR count). The van der Waals surface area contributed by atoms with Gasteiger partial charge in [-0.1, -0.05) is 6.92 Å². The van der Waals surface area contributed by atoms with E-state index in [9.17, 15) is 8.42 Å². The predicted molar refractivity (Wildman–Crippen MR) is 70.0 cm³/mol. The Labute approximate surface area is 114 Å². The predicted octanol–water partition coefficient (Wildman–Crippen LogP) is 0.788. The number of H-pyrrole nitrogens is 1. The first-order chi connectivity index (χ1) is 9.08. The van der Waals surface area contributed by atoms with Gasteiger partial charge in [-0.05, 0) is 6.42 Å². The fraction of sp³-hybridized carbons (Fsp3) is 0.400. The van der Waals surface area contributed by atoms with Crippen LogP contribution in [0, 0.1) is 0 Å². The molecular formula is C10H14N4O3S2. The molecule has 0 bridgehead atoms. The number of aliphatic hydroxyl groups is 1. The number of nitrogens with one attached hydrogen (secondary N) is 2. The first kappa shape index (κ1) is 14.1. The molecule has 3 N–H and O–H groups in total. The van der Waals surface area contributed by atoms with E-state index in [4.69, 9.17) is 5.11 Å². The number of rotatable bonds is 6. The molecule has 1 unspecified atom stereocenters. The van der Waals surface area contributed by atoms with E-state index in [0.717, 1.165) is 0 Å². The van der Waals surface area contributed by atoms with Crippen LogP contribution in [-0.2, 0) is 16.6 Å². The molecule has 7 nitrogen and oxygen atoms in total. The normalized spacial score (nSPS) is 13.6. The van der Waals surface area contributed by atoms with Crippen molar-refractivity contribution in [2.24, 2.45) is 0 Å². The van der Waals surface area contributed by atoms with Gasteiger partial charge in [-0.25, -0.2) is 13.4 Å². The van der Waals surface area contributed by atoms with E-state index in [-0.39, 0.29) is 23.2 Å². The lowest BCUT2D eigenvalue weighted by atomic mass is 10.3. The minimum atomic E-state index is -3.76. The summed E-state index contributed by atoms with van der Waals surface area (Å²) in [6, 6.07) is -0.389. The van der Waals surface area contributed by atoms with Gasteiger partial charge >= 0.3 is 0 Å². The van der Waals surface area contributed by atoms with Gasteiger partial charge in [-0.2, -0.15) is 9.82 Å². The maximum atomic E-state index is 12.2. The number of aromatic nitrogens is 3. The standard InChI is InChI=1S/C10H14N4O3S2/c1-2-8(9-11-3-4-18-9)14-19(16,17)10-7(6-15)5-12-13-10/h3-5,8,14-15H,2,6H2,1H3,(H,12,13). The molecule has 0 aliphatic rings. The van der Waals surface area contributed by atoms with Gasteiger partial charge < -0.3 is 5.11 Å². The number of aliphatic hydroxyl groups excluding tert-OH is 1. The van der Waals surface area contributed by atoms with Crippen LogP contribution in [0.2, 0.25) is 0 Å². The van der Waals surface area contributed by atoms with Gasteiger partial charge in [0.25, 0.3) is 10.0 Å². The van der Waals surface area contributed by atoms with Crippen molar-refractivity contribution >= 4 is 21.4 Å². The van der Waals surface area contributed by atoms with Crippen LogP contribution in [0.5, 0.6) is 0 Å². The molecule has 0 aliphatic carbocycles. The molecule has 0 saturated carbocycles. The van der Waals surface area contributed by atoms with Crippen molar-refractivity contribution in [3.05, 3.63) is 28.3 Å². The lowest BCUT2D eigenvalue weighted by molar-refractivity contribution is 0.278. The maximum absolute atomic E-state index is 12.2. The monoisotopic (exact) mass is 302 g/mol. The summed E-state index contributed by atoms with van der Waals surface area (Å²) in [7, 11) is -3.76. The Morgan fingerprint density at radius 3 is 2.95 bits per heavy atom. The van der Waals surface area contributed by atoms with E-state index < -0.39 is 10.0 Å². The summed E-state index contributed by atoms with van der Waals surface area (Å²) in [6.45, 7) is 1.48. The number of thiazole rings is 1. The molecule has 0 fully saturated rings. The first-order valence-electron chi connectivity index (χ1n) is 5.63. The summed E-state index contributed by atoms with van der Waals surface area (Å²) >= 11 is 1.39. The third kappa shape index (κ3) is 3.00. The van der Waals surface area contributed by atoms with Crippen molar-refractivity contribution in [3.8, 4) is 0 Å². The molecule has 104 valence electrons. The molecule has 0 amide bonds. The highest BCUT2D eigenvalue weighted by molar-refractivity contribution is 7.89. The molecule has 19 heavy (non-hydrogen) atoms. The second kappa shape index (κ2) is 5.78. The molecule has 1 atom stereocenters. The molecule has 0 spiro atoms. The zero-order valence-electron chi connectivity index (χ0n) is 10.2. The largest absolute Gasteiger partial charge is 0.392 e. The Balaban J connectivity index is 2.26. The van der Waals surface area contributed by atoms with E-state index in [2.05, 4.69) is 19.9 Å². The van der Waals surface area contributed by atoms with E-state index in [1.807, 2.05) is 6.92 Å². The highest BCUT2D eigenvalue weighted by Crippen LogP contribution is 2.22. The fourth-order valence-electron chi connectivity index (χ4n) is 1.61. The fourth-order valence-corrected chi connectivity index (χ4v) is 3.86. The Morgan fingerprint density at radius 1 is 1.58 bits per heavy atom. The zero-order chi connectivity index (χ0) is 13.9. The summed E-state index contributed by atoms with van der Waals surface area (Å²) in [5.41, 5.74) is 0.237. The number of aromatic amines is 1. The molecule has 0 aliphatic heterocycles. The Kier molecular flexibility index (Phi) is 4.30. The van der Waals surface area contributed by atoms with Crippen LogP contribution in [0.3, 0.4) is 0 Å². The topological polar surface area (TPSA) is 108 Å². The Morgan fingerprint density at radius 2 is 2.37 bits per heavy atom. The molecule has 0 radical (unpaired) electrons. The van der Waals surface area contributed by atoms with Crippen LogP contribution in [0.1, 0.15) is 30.0 Å². The summed E-state index contributed by atoms with van der Waals surface area (Å²) in [5, 5.41) is 17.5. The van der Waals surface area contributed by atoms with Gasteiger partial charge in [0, 0.05) is 17.1 Å². The third-order valence-corrected chi connectivity index (χ3v) is 4.95. The maximum Gasteiger partial charge on any atom is 0.258 e. The molecule has 2 aromatic rings. The molecule has 2 aromatic heterocycles. The van der Waals surface area contributed by atoms with Crippen molar-refractivity contribution in [2.45, 2.75) is 31.0 Å². The highest BCUT2D eigenvalue weighted by atomic mass is 32.2. The van der Waals surface area contributed by atoms with Crippen molar-refractivity contribution < 1.29 is 13.5 Å². The second-order valence-corrected chi connectivity index (χ2v) is 6.41. The SMILES string of the molecule is CCC(NS(=O)(=O)c1[nH]ncc1CO)c1nccs1. The van der Waals surface area contributed by atoms with Gasteiger partial charge in [-0.3, -0.25) is 5.10 Å². The summed E-state index contributed by atoms with van der Waals surface area (Å²) < 4.78 is 27.0. The van der Waals surface area contributed by atoms with Gasteiger partial charge in [0.2, 0.25) is 0 Å². The smallest absolute Gasteiger partial charge is 0.258 e. The van der Waals surface area contributed by atoms with E-state index >= 15 is 0 Å². The van der Waals surface area contributed by atoms with Crippen molar-refractivity contribution in [1.82, 2.24) is 19.9 Å². The lowest BCUT2D eigenvalue weighted by Gasteiger charge is -2.14. The van der Waals surface area contributed by atoms with Crippen LogP contribution < -0.4 is 4.72 Å². The Bertz CT molecular complexity index is 621. The van der Waals surface area contributed by atoms with Gasteiger partial charge in [0.1, 0.15) is 5.01 Å². The van der Waals surface area contributed by atoms with E-state index in [0.29, 0.717) is 11.4 Å². The van der Waals surface area contributed by atoms with Crippen LogP contribution in [0.4, 0.5) is 0 Å². The summed E-state index contributed by atoms with van der Waals surface area (Å²) in [5.74, 6) is 0.